The Balaban J connectivity index is 0. The van der Waals surface area contributed by atoms with E-state index in [0.717, 1.165) is 39.3 Å². The maximum Gasteiger partial charge on any atom is 0.333 e. The quantitative estimate of drug-likeness (QED) is 0.306. The second kappa shape index (κ2) is 18.3. The van der Waals surface area contributed by atoms with Crippen molar-refractivity contribution in [3.63, 3.8) is 0 Å². The van der Waals surface area contributed by atoms with Crippen molar-refractivity contribution in [2.75, 3.05) is 94.8 Å². The van der Waals surface area contributed by atoms with Gasteiger partial charge >= 0.3 is 11.9 Å². The second-order valence-corrected chi connectivity index (χ2v) is 7.50. The van der Waals surface area contributed by atoms with E-state index < -0.39 is 0 Å². The first-order valence-electron chi connectivity index (χ1n) is 9.77. The lowest BCUT2D eigenvalue weighted by atomic mass is 10.4. The molecule has 0 heterocycles. The van der Waals surface area contributed by atoms with Crippen LogP contribution in [0.2, 0.25) is 0 Å². The maximum absolute atomic E-state index is 11.0. The van der Waals surface area contributed by atoms with Gasteiger partial charge in [-0.15, -0.1) is 0 Å². The molecule has 0 aromatic rings. The summed E-state index contributed by atoms with van der Waals surface area (Å²) in [7, 11) is 12.2. The first kappa shape index (κ1) is 29.5. The fourth-order valence-corrected chi connectivity index (χ4v) is 1.74. The van der Waals surface area contributed by atoms with Crippen LogP contribution in [0.1, 0.15) is 6.92 Å². The van der Waals surface area contributed by atoms with E-state index in [1.165, 1.54) is 6.08 Å². The number of hydrogen-bond acceptors (Lipinski definition) is 8. The van der Waals surface area contributed by atoms with Crippen molar-refractivity contribution >= 4 is 11.9 Å². The molecular formula is C21H42N4O4. The smallest absolute Gasteiger partial charge is 0.333 e. The maximum atomic E-state index is 11.0. The van der Waals surface area contributed by atoms with Crippen molar-refractivity contribution in [2.45, 2.75) is 6.92 Å². The van der Waals surface area contributed by atoms with E-state index in [9.17, 15) is 9.59 Å². The average Bonchev–Trinajstić information content (AvgIpc) is 2.64. The van der Waals surface area contributed by atoms with Crippen LogP contribution in [0.25, 0.3) is 0 Å². The summed E-state index contributed by atoms with van der Waals surface area (Å²) in [5.74, 6) is -0.665. The van der Waals surface area contributed by atoms with Crippen LogP contribution in [0.3, 0.4) is 0 Å². The zero-order valence-corrected chi connectivity index (χ0v) is 19.6. The third-order valence-electron chi connectivity index (χ3n) is 3.80. The highest BCUT2D eigenvalue weighted by Gasteiger charge is 2.04. The lowest BCUT2D eigenvalue weighted by Gasteiger charge is -2.18. The summed E-state index contributed by atoms with van der Waals surface area (Å²) in [5, 5.41) is 0. The summed E-state index contributed by atoms with van der Waals surface area (Å²) in [6, 6.07) is 0. The number of carbonyl (C=O) groups excluding carboxylic acids is 2. The molecule has 0 aromatic heterocycles. The second-order valence-electron chi connectivity index (χ2n) is 7.50. The van der Waals surface area contributed by atoms with Crippen molar-refractivity contribution in [1.82, 2.24) is 19.6 Å². The molecule has 0 fully saturated rings. The van der Waals surface area contributed by atoms with Crippen LogP contribution in [0.5, 0.6) is 0 Å². The molecule has 0 aromatic carbocycles. The van der Waals surface area contributed by atoms with Crippen LogP contribution in [-0.4, -0.2) is 126 Å². The summed E-state index contributed by atoms with van der Waals surface area (Å²) >= 11 is 0. The van der Waals surface area contributed by atoms with Gasteiger partial charge in [-0.1, -0.05) is 13.2 Å². The van der Waals surface area contributed by atoms with Gasteiger partial charge in [0, 0.05) is 50.9 Å². The molecule has 0 atom stereocenters. The van der Waals surface area contributed by atoms with Crippen LogP contribution in [0, 0.1) is 0 Å². The highest BCUT2D eigenvalue weighted by atomic mass is 16.5. The minimum Gasteiger partial charge on any atom is -0.461 e. The summed E-state index contributed by atoms with van der Waals surface area (Å²) < 4.78 is 9.84. The van der Waals surface area contributed by atoms with Gasteiger partial charge in [-0.2, -0.15) is 0 Å². The normalized spacial score (nSPS) is 10.7. The Hall–Kier alpha value is -1.74. The third kappa shape index (κ3) is 22.4. The van der Waals surface area contributed by atoms with Gasteiger partial charge in [0.05, 0.1) is 0 Å². The number of ether oxygens (including phenoxy) is 2. The first-order chi connectivity index (χ1) is 13.5. The average molecular weight is 415 g/mol. The van der Waals surface area contributed by atoms with E-state index in [4.69, 9.17) is 9.47 Å². The lowest BCUT2D eigenvalue weighted by molar-refractivity contribution is -0.139. The molecule has 0 radical (unpaired) electrons. The van der Waals surface area contributed by atoms with Gasteiger partial charge in [0.25, 0.3) is 0 Å². The third-order valence-corrected chi connectivity index (χ3v) is 3.80. The van der Waals surface area contributed by atoms with Crippen LogP contribution in [0.4, 0.5) is 0 Å². The van der Waals surface area contributed by atoms with Crippen molar-refractivity contribution in [3.8, 4) is 0 Å². The molecule has 0 rings (SSSR count). The molecule has 0 aliphatic rings. The summed E-state index contributed by atoms with van der Waals surface area (Å²) in [5.41, 5.74) is 0.450. The highest BCUT2D eigenvalue weighted by molar-refractivity contribution is 5.86. The zero-order chi connectivity index (χ0) is 22.8. The number of rotatable bonds is 14. The lowest BCUT2D eigenvalue weighted by Crippen LogP contribution is -2.31. The largest absolute Gasteiger partial charge is 0.461 e. The molecule has 0 aliphatic carbocycles. The van der Waals surface area contributed by atoms with Gasteiger partial charge in [0.15, 0.2) is 0 Å². The van der Waals surface area contributed by atoms with E-state index in [-0.39, 0.29) is 11.9 Å². The SMILES string of the molecule is C=C(C)C(=O)OCCN(C)CCN(C)C.C=CC(=O)OCCN(C)CCN(C)C. The van der Waals surface area contributed by atoms with Crippen molar-refractivity contribution < 1.29 is 19.1 Å². The van der Waals surface area contributed by atoms with E-state index in [1.54, 1.807) is 6.92 Å². The van der Waals surface area contributed by atoms with Crippen LogP contribution in [0.15, 0.2) is 24.8 Å². The van der Waals surface area contributed by atoms with Crippen molar-refractivity contribution in [1.29, 1.82) is 0 Å². The molecule has 8 heteroatoms. The van der Waals surface area contributed by atoms with Crippen molar-refractivity contribution in [3.05, 3.63) is 24.8 Å². The van der Waals surface area contributed by atoms with Gasteiger partial charge in [0.1, 0.15) is 13.2 Å². The summed E-state index contributed by atoms with van der Waals surface area (Å²) in [6.45, 7) is 14.8. The van der Waals surface area contributed by atoms with Gasteiger partial charge in [-0.3, -0.25) is 0 Å². The highest BCUT2D eigenvalue weighted by Crippen LogP contribution is 1.92. The van der Waals surface area contributed by atoms with Gasteiger partial charge in [-0.25, -0.2) is 9.59 Å². The van der Waals surface area contributed by atoms with E-state index >= 15 is 0 Å². The molecule has 0 amide bonds. The van der Waals surface area contributed by atoms with Gasteiger partial charge in [0.2, 0.25) is 0 Å². The predicted molar refractivity (Wildman–Crippen MR) is 119 cm³/mol. The zero-order valence-electron chi connectivity index (χ0n) is 19.6. The molecule has 29 heavy (non-hydrogen) atoms. The Morgan fingerprint density at radius 2 is 1.17 bits per heavy atom. The monoisotopic (exact) mass is 414 g/mol. The van der Waals surface area contributed by atoms with E-state index in [2.05, 4.69) is 32.8 Å². The molecule has 0 unspecified atom stereocenters. The fraction of sp³-hybridized carbons (Fsp3) is 0.714. The molecule has 0 saturated carbocycles. The number of likely N-dealkylation sites (N-methyl/N-ethyl adjacent to an activating group) is 4. The topological polar surface area (TPSA) is 65.6 Å². The number of nitrogens with zero attached hydrogens (tertiary/aromatic N) is 4. The Morgan fingerprint density at radius 3 is 1.52 bits per heavy atom. The minimum atomic E-state index is -0.356. The molecule has 0 bridgehead atoms. The molecule has 170 valence electrons. The van der Waals surface area contributed by atoms with Crippen molar-refractivity contribution in [2.24, 2.45) is 0 Å². The number of esters is 2. The Kier molecular flexibility index (Phi) is 18.6. The first-order valence-corrected chi connectivity index (χ1v) is 9.77. The standard InChI is InChI=1S/C11H22N2O2.C10H20N2O2/c1-10(2)11(14)15-9-8-13(5)7-6-12(3)4;1-5-10(13)14-9-8-12(4)7-6-11(2)3/h1,6-9H2,2-5H3;5H,1,6-9H2,2-4H3. The van der Waals surface area contributed by atoms with Crippen LogP contribution in [-0.2, 0) is 19.1 Å². The minimum absolute atomic E-state index is 0.309. The molecular weight excluding hydrogens is 372 g/mol. The molecule has 0 N–H and O–H groups in total. The molecule has 0 spiro atoms. The molecule has 0 saturated heterocycles. The van der Waals surface area contributed by atoms with Gasteiger partial charge < -0.3 is 29.1 Å². The van der Waals surface area contributed by atoms with Crippen LogP contribution >= 0.6 is 0 Å². The summed E-state index contributed by atoms with van der Waals surface area (Å²) in [6.07, 6.45) is 1.18. The molecule has 8 nitrogen and oxygen atoms in total. The van der Waals surface area contributed by atoms with E-state index in [1.807, 2.05) is 42.3 Å². The van der Waals surface area contributed by atoms with E-state index in [0.29, 0.717) is 18.8 Å². The van der Waals surface area contributed by atoms with Gasteiger partial charge in [-0.05, 0) is 49.2 Å². The predicted octanol–water partition coefficient (Wildman–Crippen LogP) is 0.808. The number of carbonyl (C=O) groups is 2. The number of hydrogen-bond donors (Lipinski definition) is 0. The Bertz CT molecular complexity index is 481. The fourth-order valence-electron chi connectivity index (χ4n) is 1.74. The summed E-state index contributed by atoms with van der Waals surface area (Å²) in [4.78, 5) is 30.2. The molecule has 0 aliphatic heterocycles. The Morgan fingerprint density at radius 1 is 0.759 bits per heavy atom. The van der Waals surface area contributed by atoms with Crippen LogP contribution < -0.4 is 0 Å². The Labute approximate surface area is 177 Å².